The predicted molar refractivity (Wildman–Crippen MR) is 71.2 cm³/mol. The molecule has 2 rings (SSSR count). The second-order valence-electron chi connectivity index (χ2n) is 4.50. The number of thiazole rings is 1. The number of fused-ring (bicyclic) bond motifs is 1. The molecule has 1 aromatic heterocycles. The van der Waals surface area contributed by atoms with Crippen molar-refractivity contribution < 1.29 is 13.2 Å². The maximum Gasteiger partial charge on any atom is 0.416 e. The molecule has 6 heteroatoms. The maximum atomic E-state index is 12.6. The summed E-state index contributed by atoms with van der Waals surface area (Å²) < 4.78 is 38.6. The summed E-state index contributed by atoms with van der Waals surface area (Å²) >= 11 is 1.44. The Labute approximate surface area is 113 Å². The monoisotopic (exact) mass is 288 g/mol. The number of alkyl halides is 3. The van der Waals surface area contributed by atoms with Crippen LogP contribution in [0.5, 0.6) is 0 Å². The first-order valence-electron chi connectivity index (χ1n) is 6.10. The first kappa shape index (κ1) is 14.3. The Balaban J connectivity index is 2.30. The fourth-order valence-electron chi connectivity index (χ4n) is 1.88. The number of benzene rings is 1. The Morgan fingerprint density at radius 1 is 1.37 bits per heavy atom. The predicted octanol–water partition coefficient (Wildman–Crippen LogP) is 3.84. The van der Waals surface area contributed by atoms with E-state index in [2.05, 4.69) is 4.98 Å². The Hall–Kier alpha value is -1.14. The van der Waals surface area contributed by atoms with E-state index in [4.69, 9.17) is 5.73 Å². The Bertz CT molecular complexity index is 559. The smallest absolute Gasteiger partial charge is 0.330 e. The van der Waals surface area contributed by atoms with E-state index in [-0.39, 0.29) is 0 Å². The largest absolute Gasteiger partial charge is 0.416 e. The van der Waals surface area contributed by atoms with E-state index < -0.39 is 11.7 Å². The van der Waals surface area contributed by atoms with E-state index in [9.17, 15) is 13.2 Å². The van der Waals surface area contributed by atoms with Crippen LogP contribution in [-0.4, -0.2) is 11.5 Å². The average Bonchev–Trinajstić information content (AvgIpc) is 2.76. The minimum atomic E-state index is -4.32. The van der Waals surface area contributed by atoms with Crippen LogP contribution in [0.1, 0.15) is 23.9 Å². The Kier molecular flexibility index (Phi) is 4.10. The van der Waals surface area contributed by atoms with Crippen molar-refractivity contribution in [3.05, 3.63) is 28.8 Å². The van der Waals surface area contributed by atoms with Crippen LogP contribution in [0, 0.1) is 5.92 Å². The zero-order chi connectivity index (χ0) is 14.0. The molecular formula is C13H15F3N2S. The molecule has 2 N–H and O–H groups in total. The van der Waals surface area contributed by atoms with Gasteiger partial charge in [0.05, 0.1) is 20.8 Å². The van der Waals surface area contributed by atoms with E-state index in [0.29, 0.717) is 18.0 Å². The number of hydrogen-bond donors (Lipinski definition) is 1. The lowest BCUT2D eigenvalue weighted by Gasteiger charge is -2.08. The third kappa shape index (κ3) is 3.25. The molecule has 19 heavy (non-hydrogen) atoms. The molecule has 2 nitrogen and oxygen atoms in total. The molecule has 0 aliphatic rings. The topological polar surface area (TPSA) is 38.9 Å². The molecule has 1 heterocycles. The fourth-order valence-corrected chi connectivity index (χ4v) is 2.94. The fraction of sp³-hybridized carbons (Fsp3) is 0.462. The summed E-state index contributed by atoms with van der Waals surface area (Å²) in [5.41, 5.74) is 5.40. The van der Waals surface area contributed by atoms with Crippen molar-refractivity contribution in [2.24, 2.45) is 11.7 Å². The number of halogens is 3. The van der Waals surface area contributed by atoms with Gasteiger partial charge in [-0.1, -0.05) is 13.3 Å². The van der Waals surface area contributed by atoms with Crippen LogP contribution >= 0.6 is 11.3 Å². The molecule has 2 aromatic rings. The molecule has 0 fully saturated rings. The first-order chi connectivity index (χ1) is 8.94. The van der Waals surface area contributed by atoms with Gasteiger partial charge in [-0.15, -0.1) is 11.3 Å². The zero-order valence-electron chi connectivity index (χ0n) is 10.5. The Morgan fingerprint density at radius 2 is 2.11 bits per heavy atom. The van der Waals surface area contributed by atoms with Crippen molar-refractivity contribution in [1.82, 2.24) is 4.98 Å². The van der Waals surface area contributed by atoms with Crippen molar-refractivity contribution in [1.29, 1.82) is 0 Å². The van der Waals surface area contributed by atoms with E-state index in [1.54, 1.807) is 0 Å². The van der Waals surface area contributed by atoms with Gasteiger partial charge in [0.15, 0.2) is 0 Å². The molecule has 0 bridgehead atoms. The van der Waals surface area contributed by atoms with Crippen LogP contribution in [0.15, 0.2) is 18.2 Å². The van der Waals surface area contributed by atoms with Crippen LogP contribution in [0.3, 0.4) is 0 Å². The van der Waals surface area contributed by atoms with Gasteiger partial charge >= 0.3 is 6.18 Å². The number of nitrogens with two attached hydrogens (primary N) is 1. The van der Waals surface area contributed by atoms with Gasteiger partial charge in [0.2, 0.25) is 0 Å². The number of aromatic nitrogens is 1. The highest BCUT2D eigenvalue weighted by Crippen LogP contribution is 2.33. The van der Waals surface area contributed by atoms with Gasteiger partial charge in [0.25, 0.3) is 0 Å². The van der Waals surface area contributed by atoms with Crippen LogP contribution in [0.2, 0.25) is 0 Å². The standard InChI is InChI=1S/C13H15F3N2S/c1-2-8(7-17)5-12-18-10-6-9(13(14,15)16)3-4-11(10)19-12/h3-4,6,8H,2,5,7,17H2,1H3. The summed E-state index contributed by atoms with van der Waals surface area (Å²) in [6.45, 7) is 2.62. The van der Waals surface area contributed by atoms with Gasteiger partial charge in [-0.05, 0) is 30.7 Å². The normalized spacial score (nSPS) is 13.9. The van der Waals surface area contributed by atoms with Crippen LogP contribution in [0.25, 0.3) is 10.2 Å². The van der Waals surface area contributed by atoms with Crippen LogP contribution < -0.4 is 5.73 Å². The van der Waals surface area contributed by atoms with E-state index >= 15 is 0 Å². The van der Waals surface area contributed by atoms with Gasteiger partial charge in [0.1, 0.15) is 0 Å². The lowest BCUT2D eigenvalue weighted by atomic mass is 10.0. The molecule has 0 aliphatic heterocycles. The lowest BCUT2D eigenvalue weighted by Crippen LogP contribution is -2.15. The summed E-state index contributed by atoms with van der Waals surface area (Å²) in [5, 5.41) is 0.853. The molecule has 0 spiro atoms. The summed E-state index contributed by atoms with van der Waals surface area (Å²) in [6, 6.07) is 3.70. The third-order valence-corrected chi connectivity index (χ3v) is 4.19. The molecule has 104 valence electrons. The highest BCUT2D eigenvalue weighted by atomic mass is 32.1. The molecule has 0 aliphatic carbocycles. The van der Waals surface area contributed by atoms with Crippen molar-refractivity contribution in [3.8, 4) is 0 Å². The molecule has 1 unspecified atom stereocenters. The second-order valence-corrected chi connectivity index (χ2v) is 5.62. The molecule has 1 atom stereocenters. The molecule has 1 aromatic carbocycles. The van der Waals surface area contributed by atoms with Crippen molar-refractivity contribution >= 4 is 21.6 Å². The van der Waals surface area contributed by atoms with Crippen LogP contribution in [-0.2, 0) is 12.6 Å². The lowest BCUT2D eigenvalue weighted by molar-refractivity contribution is -0.137. The van der Waals surface area contributed by atoms with Crippen molar-refractivity contribution in [2.45, 2.75) is 25.9 Å². The van der Waals surface area contributed by atoms with Gasteiger partial charge in [-0.3, -0.25) is 0 Å². The number of hydrogen-bond acceptors (Lipinski definition) is 3. The minimum absolute atomic E-state index is 0.336. The van der Waals surface area contributed by atoms with Crippen molar-refractivity contribution in [2.75, 3.05) is 6.54 Å². The minimum Gasteiger partial charge on any atom is -0.330 e. The quantitative estimate of drug-likeness (QED) is 0.928. The number of nitrogens with zero attached hydrogens (tertiary/aromatic N) is 1. The summed E-state index contributed by atoms with van der Waals surface area (Å²) in [4.78, 5) is 4.29. The maximum absolute atomic E-state index is 12.6. The Morgan fingerprint density at radius 3 is 2.68 bits per heavy atom. The SMILES string of the molecule is CCC(CN)Cc1nc2cc(C(F)(F)F)ccc2s1. The van der Waals surface area contributed by atoms with Crippen LogP contribution in [0.4, 0.5) is 13.2 Å². The molecule has 0 saturated heterocycles. The highest BCUT2D eigenvalue weighted by Gasteiger charge is 2.30. The number of rotatable bonds is 4. The van der Waals surface area contributed by atoms with Gasteiger partial charge in [-0.25, -0.2) is 4.98 Å². The molecular weight excluding hydrogens is 273 g/mol. The highest BCUT2D eigenvalue weighted by molar-refractivity contribution is 7.18. The van der Waals surface area contributed by atoms with E-state index in [1.807, 2.05) is 6.92 Å². The van der Waals surface area contributed by atoms with Gasteiger partial charge < -0.3 is 5.73 Å². The average molecular weight is 288 g/mol. The van der Waals surface area contributed by atoms with E-state index in [1.165, 1.54) is 17.4 Å². The molecule has 0 radical (unpaired) electrons. The van der Waals surface area contributed by atoms with Crippen molar-refractivity contribution in [3.63, 3.8) is 0 Å². The molecule has 0 saturated carbocycles. The summed E-state index contributed by atoms with van der Waals surface area (Å²) in [7, 11) is 0. The third-order valence-electron chi connectivity index (χ3n) is 3.13. The summed E-state index contributed by atoms with van der Waals surface area (Å²) in [5.74, 6) is 0.336. The van der Waals surface area contributed by atoms with Gasteiger partial charge in [-0.2, -0.15) is 13.2 Å². The molecule has 0 amide bonds. The zero-order valence-corrected chi connectivity index (χ0v) is 11.3. The van der Waals surface area contributed by atoms with Gasteiger partial charge in [0, 0.05) is 6.42 Å². The summed E-state index contributed by atoms with van der Waals surface area (Å²) in [6.07, 6.45) is -2.64. The first-order valence-corrected chi connectivity index (χ1v) is 6.92. The van der Waals surface area contributed by atoms with E-state index in [0.717, 1.165) is 34.7 Å². The second kappa shape index (κ2) is 5.46.